The molecule has 3 heteroatoms. The third-order valence-corrected chi connectivity index (χ3v) is 1.86. The van der Waals surface area contributed by atoms with Gasteiger partial charge in [0.1, 0.15) is 5.82 Å². The number of aliphatic hydroxyl groups excluding tert-OH is 1. The van der Waals surface area contributed by atoms with Gasteiger partial charge in [-0.2, -0.15) is 0 Å². The lowest BCUT2D eigenvalue weighted by atomic mass is 10.1. The Morgan fingerprint density at radius 2 is 2.25 bits per heavy atom. The molecule has 2 N–H and O–H groups in total. The summed E-state index contributed by atoms with van der Waals surface area (Å²) >= 11 is 0. The molecule has 0 aromatic carbocycles. The number of aliphatic hydroxyl groups is 1. The number of pyridine rings is 1. The molecule has 0 aliphatic carbocycles. The lowest BCUT2D eigenvalue weighted by Crippen LogP contribution is -1.99. The Kier molecular flexibility index (Phi) is 2.65. The van der Waals surface area contributed by atoms with Crippen LogP contribution in [-0.4, -0.2) is 17.1 Å². The molecular formula is C9H14N2O. The molecule has 0 aliphatic rings. The standard InChI is InChI=1S/C9H14N2O/c1-6-4-9(10-3)11-5-8(6)7(2)12/h4-5,7,12H,1-3H3,(H,10,11). The number of anilines is 1. The van der Waals surface area contributed by atoms with E-state index in [0.717, 1.165) is 16.9 Å². The molecule has 1 aromatic rings. The first-order valence-electron chi connectivity index (χ1n) is 3.97. The summed E-state index contributed by atoms with van der Waals surface area (Å²) in [6, 6.07) is 1.92. The topological polar surface area (TPSA) is 45.1 Å². The number of aryl methyl sites for hydroxylation is 1. The van der Waals surface area contributed by atoms with E-state index in [4.69, 9.17) is 0 Å². The third kappa shape index (κ3) is 1.74. The van der Waals surface area contributed by atoms with Crippen LogP contribution in [0, 0.1) is 6.92 Å². The smallest absolute Gasteiger partial charge is 0.125 e. The van der Waals surface area contributed by atoms with Gasteiger partial charge in [0, 0.05) is 18.8 Å². The summed E-state index contributed by atoms with van der Waals surface area (Å²) in [6.07, 6.45) is 1.26. The second-order valence-corrected chi connectivity index (χ2v) is 2.85. The van der Waals surface area contributed by atoms with Gasteiger partial charge in [-0.25, -0.2) is 4.98 Å². The largest absolute Gasteiger partial charge is 0.389 e. The van der Waals surface area contributed by atoms with Crippen molar-refractivity contribution in [1.29, 1.82) is 0 Å². The van der Waals surface area contributed by atoms with Crippen molar-refractivity contribution in [2.45, 2.75) is 20.0 Å². The maximum atomic E-state index is 9.31. The highest BCUT2D eigenvalue weighted by Crippen LogP contribution is 2.17. The molecular weight excluding hydrogens is 152 g/mol. The van der Waals surface area contributed by atoms with E-state index in [2.05, 4.69) is 10.3 Å². The summed E-state index contributed by atoms with van der Waals surface area (Å²) in [5, 5.41) is 12.2. The Hall–Kier alpha value is -1.09. The van der Waals surface area contributed by atoms with Gasteiger partial charge >= 0.3 is 0 Å². The molecule has 0 saturated heterocycles. The molecule has 0 spiro atoms. The number of nitrogens with one attached hydrogen (secondary N) is 1. The molecule has 1 aromatic heterocycles. The van der Waals surface area contributed by atoms with Gasteiger partial charge in [0.15, 0.2) is 0 Å². The van der Waals surface area contributed by atoms with Gasteiger partial charge in [-0.15, -0.1) is 0 Å². The quantitative estimate of drug-likeness (QED) is 0.699. The summed E-state index contributed by atoms with van der Waals surface area (Å²) in [5.74, 6) is 0.830. The summed E-state index contributed by atoms with van der Waals surface area (Å²) in [5.41, 5.74) is 1.94. The first-order chi connectivity index (χ1) is 5.65. The van der Waals surface area contributed by atoms with Crippen LogP contribution >= 0.6 is 0 Å². The van der Waals surface area contributed by atoms with Crippen LogP contribution in [0.5, 0.6) is 0 Å². The zero-order chi connectivity index (χ0) is 9.14. The molecule has 12 heavy (non-hydrogen) atoms. The maximum absolute atomic E-state index is 9.31. The first kappa shape index (κ1) is 9.00. The van der Waals surface area contributed by atoms with Crippen LogP contribution in [0.4, 0.5) is 5.82 Å². The van der Waals surface area contributed by atoms with Crippen molar-refractivity contribution >= 4 is 5.82 Å². The molecule has 0 aliphatic heterocycles. The average molecular weight is 166 g/mol. The van der Waals surface area contributed by atoms with Gasteiger partial charge in [-0.05, 0) is 25.5 Å². The van der Waals surface area contributed by atoms with E-state index in [1.54, 1.807) is 13.1 Å². The number of hydrogen-bond donors (Lipinski definition) is 2. The second kappa shape index (κ2) is 3.54. The Labute approximate surface area is 72.5 Å². The molecule has 1 unspecified atom stereocenters. The highest BCUT2D eigenvalue weighted by atomic mass is 16.3. The van der Waals surface area contributed by atoms with Crippen molar-refractivity contribution < 1.29 is 5.11 Å². The predicted molar refractivity (Wildman–Crippen MR) is 49.2 cm³/mol. The van der Waals surface area contributed by atoms with E-state index in [0.29, 0.717) is 0 Å². The highest BCUT2D eigenvalue weighted by molar-refractivity contribution is 5.40. The molecule has 1 heterocycles. The van der Waals surface area contributed by atoms with Crippen LogP contribution in [0.2, 0.25) is 0 Å². The van der Waals surface area contributed by atoms with Crippen molar-refractivity contribution in [3.8, 4) is 0 Å². The fraction of sp³-hybridized carbons (Fsp3) is 0.444. The van der Waals surface area contributed by atoms with Crippen molar-refractivity contribution in [2.75, 3.05) is 12.4 Å². The van der Waals surface area contributed by atoms with E-state index in [-0.39, 0.29) is 0 Å². The minimum atomic E-state index is -0.441. The first-order valence-corrected chi connectivity index (χ1v) is 3.97. The van der Waals surface area contributed by atoms with Gasteiger partial charge in [0.2, 0.25) is 0 Å². The van der Waals surface area contributed by atoms with Crippen molar-refractivity contribution in [3.05, 3.63) is 23.4 Å². The molecule has 1 rings (SSSR count). The predicted octanol–water partition coefficient (Wildman–Crippen LogP) is 1.49. The van der Waals surface area contributed by atoms with Crippen molar-refractivity contribution in [1.82, 2.24) is 4.98 Å². The molecule has 66 valence electrons. The van der Waals surface area contributed by atoms with Gasteiger partial charge in [0.05, 0.1) is 6.10 Å². The maximum Gasteiger partial charge on any atom is 0.125 e. The molecule has 0 radical (unpaired) electrons. The lowest BCUT2D eigenvalue weighted by molar-refractivity contribution is 0.198. The molecule has 3 nitrogen and oxygen atoms in total. The van der Waals surface area contributed by atoms with Crippen molar-refractivity contribution in [2.24, 2.45) is 0 Å². The zero-order valence-electron chi connectivity index (χ0n) is 7.63. The van der Waals surface area contributed by atoms with Crippen LogP contribution in [0.15, 0.2) is 12.3 Å². The monoisotopic (exact) mass is 166 g/mol. The number of aromatic nitrogens is 1. The lowest BCUT2D eigenvalue weighted by Gasteiger charge is -2.09. The van der Waals surface area contributed by atoms with E-state index >= 15 is 0 Å². The van der Waals surface area contributed by atoms with E-state index in [1.165, 1.54) is 0 Å². The van der Waals surface area contributed by atoms with Crippen LogP contribution in [0.3, 0.4) is 0 Å². The minimum absolute atomic E-state index is 0.441. The number of hydrogen-bond acceptors (Lipinski definition) is 3. The van der Waals surface area contributed by atoms with Crippen molar-refractivity contribution in [3.63, 3.8) is 0 Å². The van der Waals surface area contributed by atoms with Gasteiger partial charge in [-0.3, -0.25) is 0 Å². The van der Waals surface area contributed by atoms with Gasteiger partial charge in [0.25, 0.3) is 0 Å². The normalized spacial score (nSPS) is 12.7. The number of nitrogens with zero attached hydrogens (tertiary/aromatic N) is 1. The fourth-order valence-corrected chi connectivity index (χ4v) is 1.14. The fourth-order valence-electron chi connectivity index (χ4n) is 1.14. The SMILES string of the molecule is CNc1cc(C)c(C(C)O)cn1. The van der Waals surface area contributed by atoms with Gasteiger partial charge < -0.3 is 10.4 Å². The Bertz CT molecular complexity index is 271. The van der Waals surface area contributed by atoms with Crippen LogP contribution < -0.4 is 5.32 Å². The summed E-state index contributed by atoms with van der Waals surface area (Å²) < 4.78 is 0. The molecule has 0 fully saturated rings. The molecule has 0 bridgehead atoms. The van der Waals surface area contributed by atoms with Crippen LogP contribution in [-0.2, 0) is 0 Å². The number of rotatable bonds is 2. The summed E-state index contributed by atoms with van der Waals surface area (Å²) in [6.45, 7) is 3.70. The Balaban J connectivity index is 3.03. The van der Waals surface area contributed by atoms with E-state index in [1.807, 2.05) is 20.0 Å². The molecule has 1 atom stereocenters. The molecule has 0 saturated carbocycles. The van der Waals surface area contributed by atoms with Crippen LogP contribution in [0.1, 0.15) is 24.2 Å². The van der Waals surface area contributed by atoms with Crippen LogP contribution in [0.25, 0.3) is 0 Å². The third-order valence-electron chi connectivity index (χ3n) is 1.86. The summed E-state index contributed by atoms with van der Waals surface area (Å²) in [4.78, 5) is 4.11. The Morgan fingerprint density at radius 1 is 1.58 bits per heavy atom. The second-order valence-electron chi connectivity index (χ2n) is 2.85. The van der Waals surface area contributed by atoms with E-state index < -0.39 is 6.10 Å². The average Bonchev–Trinajstić information content (AvgIpc) is 2.03. The highest BCUT2D eigenvalue weighted by Gasteiger charge is 2.05. The zero-order valence-corrected chi connectivity index (χ0v) is 7.63. The van der Waals surface area contributed by atoms with E-state index in [9.17, 15) is 5.11 Å². The molecule has 0 amide bonds. The minimum Gasteiger partial charge on any atom is -0.389 e. The summed E-state index contributed by atoms with van der Waals surface area (Å²) in [7, 11) is 1.82. The Morgan fingerprint density at radius 3 is 2.67 bits per heavy atom. The van der Waals surface area contributed by atoms with Gasteiger partial charge in [-0.1, -0.05) is 0 Å².